The summed E-state index contributed by atoms with van der Waals surface area (Å²) in [4.78, 5) is 18.5. The number of halogens is 1. The third-order valence-electron chi connectivity index (χ3n) is 3.38. The first kappa shape index (κ1) is 14.3. The van der Waals surface area contributed by atoms with E-state index in [0.29, 0.717) is 10.7 Å². The lowest BCUT2D eigenvalue weighted by molar-refractivity contribution is 0.0139. The van der Waals surface area contributed by atoms with Gasteiger partial charge in [-0.05, 0) is 38.4 Å². The van der Waals surface area contributed by atoms with Gasteiger partial charge in [-0.3, -0.25) is 0 Å². The van der Waals surface area contributed by atoms with Gasteiger partial charge in [-0.15, -0.1) is 0 Å². The Balaban J connectivity index is 2.01. The SMILES string of the molecule is CCc1cc(C(=O)OC2CCN(C)CC2)cc(Cl)n1. The molecule has 5 heteroatoms. The highest BCUT2D eigenvalue weighted by Crippen LogP contribution is 2.17. The summed E-state index contributed by atoms with van der Waals surface area (Å²) < 4.78 is 5.53. The topological polar surface area (TPSA) is 42.4 Å². The number of esters is 1. The molecule has 1 aromatic heterocycles. The van der Waals surface area contributed by atoms with Gasteiger partial charge in [0.15, 0.2) is 0 Å². The minimum absolute atomic E-state index is 0.0146. The molecule has 1 aliphatic heterocycles. The number of nitrogens with zero attached hydrogens (tertiary/aromatic N) is 2. The Morgan fingerprint density at radius 2 is 2.16 bits per heavy atom. The van der Waals surface area contributed by atoms with Gasteiger partial charge >= 0.3 is 5.97 Å². The molecule has 0 saturated carbocycles. The predicted octanol–water partition coefficient (Wildman–Crippen LogP) is 2.55. The summed E-state index contributed by atoms with van der Waals surface area (Å²) in [6, 6.07) is 3.32. The smallest absolute Gasteiger partial charge is 0.338 e. The molecule has 0 unspecified atom stereocenters. The van der Waals surface area contributed by atoms with Gasteiger partial charge in [0.1, 0.15) is 11.3 Å². The molecular weight excluding hydrogens is 264 g/mol. The van der Waals surface area contributed by atoms with E-state index >= 15 is 0 Å². The molecule has 104 valence electrons. The van der Waals surface area contributed by atoms with Gasteiger partial charge in [-0.1, -0.05) is 18.5 Å². The van der Waals surface area contributed by atoms with Gasteiger partial charge in [0.25, 0.3) is 0 Å². The summed E-state index contributed by atoms with van der Waals surface area (Å²) in [5.74, 6) is -0.298. The maximum Gasteiger partial charge on any atom is 0.338 e. The van der Waals surface area contributed by atoms with E-state index in [0.717, 1.165) is 38.0 Å². The number of hydrogen-bond acceptors (Lipinski definition) is 4. The fourth-order valence-electron chi connectivity index (χ4n) is 2.17. The normalized spacial score (nSPS) is 17.4. The molecule has 0 N–H and O–H groups in total. The van der Waals surface area contributed by atoms with Crippen LogP contribution in [0.4, 0.5) is 0 Å². The van der Waals surface area contributed by atoms with Gasteiger partial charge in [0.05, 0.1) is 5.56 Å². The Labute approximate surface area is 118 Å². The fraction of sp³-hybridized carbons (Fsp3) is 0.571. The van der Waals surface area contributed by atoms with E-state index in [1.807, 2.05) is 6.92 Å². The second-order valence-corrected chi connectivity index (χ2v) is 5.32. The molecule has 0 atom stereocenters. The number of ether oxygens (including phenoxy) is 1. The van der Waals surface area contributed by atoms with Crippen LogP contribution in [0.5, 0.6) is 0 Å². The fourth-order valence-corrected chi connectivity index (χ4v) is 2.40. The second-order valence-electron chi connectivity index (χ2n) is 4.93. The van der Waals surface area contributed by atoms with Gasteiger partial charge in [-0.2, -0.15) is 0 Å². The first-order valence-electron chi connectivity index (χ1n) is 6.64. The zero-order valence-electron chi connectivity index (χ0n) is 11.4. The van der Waals surface area contributed by atoms with Gasteiger partial charge < -0.3 is 9.64 Å². The Morgan fingerprint density at radius 3 is 2.79 bits per heavy atom. The van der Waals surface area contributed by atoms with Crippen molar-refractivity contribution in [2.75, 3.05) is 20.1 Å². The van der Waals surface area contributed by atoms with Crippen molar-refractivity contribution in [2.45, 2.75) is 32.3 Å². The van der Waals surface area contributed by atoms with Crippen molar-refractivity contribution < 1.29 is 9.53 Å². The quantitative estimate of drug-likeness (QED) is 0.631. The molecule has 19 heavy (non-hydrogen) atoms. The molecule has 2 rings (SSSR count). The molecule has 0 radical (unpaired) electrons. The van der Waals surface area contributed by atoms with Crippen LogP contribution in [0.1, 0.15) is 35.8 Å². The van der Waals surface area contributed by atoms with Crippen LogP contribution in [0.15, 0.2) is 12.1 Å². The summed E-state index contributed by atoms with van der Waals surface area (Å²) in [5, 5.41) is 0.342. The Morgan fingerprint density at radius 1 is 1.47 bits per heavy atom. The molecule has 0 bridgehead atoms. The first-order chi connectivity index (χ1) is 9.08. The van der Waals surface area contributed by atoms with Crippen molar-refractivity contribution in [3.63, 3.8) is 0 Å². The number of likely N-dealkylation sites (tertiary alicyclic amines) is 1. The summed E-state index contributed by atoms with van der Waals surface area (Å²) >= 11 is 5.91. The van der Waals surface area contributed by atoms with Crippen LogP contribution < -0.4 is 0 Å². The molecule has 0 amide bonds. The van der Waals surface area contributed by atoms with E-state index in [4.69, 9.17) is 16.3 Å². The lowest BCUT2D eigenvalue weighted by Crippen LogP contribution is -2.35. The minimum Gasteiger partial charge on any atom is -0.459 e. The molecule has 0 spiro atoms. The standard InChI is InChI=1S/C14H19ClN2O2/c1-3-11-8-10(9-13(15)16-11)14(18)19-12-4-6-17(2)7-5-12/h8-9,12H,3-7H2,1-2H3. The Bertz CT molecular complexity index is 457. The molecule has 0 aromatic carbocycles. The average Bonchev–Trinajstić information content (AvgIpc) is 2.40. The third-order valence-corrected chi connectivity index (χ3v) is 3.58. The van der Waals surface area contributed by atoms with Crippen molar-refractivity contribution in [1.82, 2.24) is 9.88 Å². The molecule has 1 aromatic rings. The lowest BCUT2D eigenvalue weighted by Gasteiger charge is -2.28. The number of carbonyl (C=O) groups excluding carboxylic acids is 1. The minimum atomic E-state index is -0.298. The Hall–Kier alpha value is -1.13. The molecular formula is C14H19ClN2O2. The molecule has 4 nitrogen and oxygen atoms in total. The highest BCUT2D eigenvalue weighted by atomic mass is 35.5. The number of rotatable bonds is 3. The van der Waals surface area contributed by atoms with E-state index < -0.39 is 0 Å². The average molecular weight is 283 g/mol. The largest absolute Gasteiger partial charge is 0.459 e. The van der Waals surface area contributed by atoms with E-state index in [9.17, 15) is 4.79 Å². The van der Waals surface area contributed by atoms with Crippen molar-refractivity contribution in [2.24, 2.45) is 0 Å². The number of pyridine rings is 1. The van der Waals surface area contributed by atoms with Gasteiger partial charge in [-0.25, -0.2) is 9.78 Å². The first-order valence-corrected chi connectivity index (χ1v) is 7.02. The molecule has 1 saturated heterocycles. The van der Waals surface area contributed by atoms with Gasteiger partial charge in [0.2, 0.25) is 0 Å². The summed E-state index contributed by atoms with van der Waals surface area (Å²) in [6.45, 7) is 3.91. The highest BCUT2D eigenvalue weighted by molar-refractivity contribution is 6.29. The zero-order valence-corrected chi connectivity index (χ0v) is 12.1. The zero-order chi connectivity index (χ0) is 13.8. The molecule has 1 aliphatic rings. The van der Waals surface area contributed by atoms with Crippen LogP contribution in [-0.2, 0) is 11.2 Å². The number of hydrogen-bond donors (Lipinski definition) is 0. The van der Waals surface area contributed by atoms with Crippen LogP contribution >= 0.6 is 11.6 Å². The number of aromatic nitrogens is 1. The predicted molar refractivity (Wildman–Crippen MR) is 74.6 cm³/mol. The van der Waals surface area contributed by atoms with Crippen molar-refractivity contribution >= 4 is 17.6 Å². The van der Waals surface area contributed by atoms with E-state index in [1.165, 1.54) is 0 Å². The van der Waals surface area contributed by atoms with Crippen molar-refractivity contribution in [3.05, 3.63) is 28.5 Å². The molecule has 2 heterocycles. The summed E-state index contributed by atoms with van der Waals surface area (Å²) in [6.07, 6.45) is 2.54. The van der Waals surface area contributed by atoms with Crippen LogP contribution in [0.25, 0.3) is 0 Å². The molecule has 0 aliphatic carbocycles. The van der Waals surface area contributed by atoms with E-state index in [1.54, 1.807) is 12.1 Å². The number of carbonyl (C=O) groups is 1. The third kappa shape index (κ3) is 3.91. The number of aryl methyl sites for hydroxylation is 1. The highest BCUT2D eigenvalue weighted by Gasteiger charge is 2.21. The van der Waals surface area contributed by atoms with Crippen LogP contribution in [0.3, 0.4) is 0 Å². The van der Waals surface area contributed by atoms with Gasteiger partial charge in [0, 0.05) is 18.8 Å². The summed E-state index contributed by atoms with van der Waals surface area (Å²) in [7, 11) is 2.08. The Kier molecular flexibility index (Phi) is 4.77. The van der Waals surface area contributed by atoms with E-state index in [-0.39, 0.29) is 12.1 Å². The molecule has 1 fully saturated rings. The van der Waals surface area contributed by atoms with Crippen molar-refractivity contribution in [1.29, 1.82) is 0 Å². The second kappa shape index (κ2) is 6.35. The monoisotopic (exact) mass is 282 g/mol. The van der Waals surface area contributed by atoms with E-state index in [2.05, 4.69) is 16.9 Å². The van der Waals surface area contributed by atoms with Crippen LogP contribution in [-0.4, -0.2) is 42.1 Å². The maximum absolute atomic E-state index is 12.1. The lowest BCUT2D eigenvalue weighted by atomic mass is 10.1. The maximum atomic E-state index is 12.1. The summed E-state index contributed by atoms with van der Waals surface area (Å²) in [5.41, 5.74) is 1.30. The van der Waals surface area contributed by atoms with Crippen LogP contribution in [0, 0.1) is 0 Å². The number of piperidine rings is 1. The van der Waals surface area contributed by atoms with Crippen molar-refractivity contribution in [3.8, 4) is 0 Å². The van der Waals surface area contributed by atoms with Crippen LogP contribution in [0.2, 0.25) is 5.15 Å².